The van der Waals surface area contributed by atoms with Crippen LogP contribution in [0.3, 0.4) is 0 Å². The molecule has 1 atom stereocenters. The largest absolute Gasteiger partial charge is 0.493 e. The SMILES string of the molecule is CCc1ccc(-c2noc(C[NH+](C)Cc3ccc(OC)c(OC)c3)n2)cc1. The van der Waals surface area contributed by atoms with E-state index >= 15 is 0 Å². The molecule has 6 nitrogen and oxygen atoms in total. The molecular weight excluding hydrogens is 342 g/mol. The zero-order valence-electron chi connectivity index (χ0n) is 16.3. The van der Waals surface area contributed by atoms with E-state index in [-0.39, 0.29) is 0 Å². The van der Waals surface area contributed by atoms with Gasteiger partial charge in [0.2, 0.25) is 5.82 Å². The minimum atomic E-state index is 0.627. The number of aryl methyl sites for hydroxylation is 1. The van der Waals surface area contributed by atoms with Crippen LogP contribution in [0.1, 0.15) is 23.9 Å². The number of ether oxygens (including phenoxy) is 2. The Balaban J connectivity index is 1.64. The van der Waals surface area contributed by atoms with Gasteiger partial charge in [-0.1, -0.05) is 36.3 Å². The van der Waals surface area contributed by atoms with Gasteiger partial charge in [0.15, 0.2) is 18.0 Å². The summed E-state index contributed by atoms with van der Waals surface area (Å²) >= 11 is 0. The molecule has 0 aliphatic heterocycles. The zero-order chi connectivity index (χ0) is 19.2. The van der Waals surface area contributed by atoms with E-state index in [1.54, 1.807) is 14.2 Å². The van der Waals surface area contributed by atoms with Crippen molar-refractivity contribution in [2.75, 3.05) is 21.3 Å². The van der Waals surface area contributed by atoms with Gasteiger partial charge in [-0.15, -0.1) is 0 Å². The van der Waals surface area contributed by atoms with E-state index in [0.29, 0.717) is 18.3 Å². The van der Waals surface area contributed by atoms with Crippen molar-refractivity contribution in [2.45, 2.75) is 26.4 Å². The summed E-state index contributed by atoms with van der Waals surface area (Å²) in [4.78, 5) is 5.77. The van der Waals surface area contributed by atoms with Crippen LogP contribution < -0.4 is 14.4 Å². The Labute approximate surface area is 159 Å². The Kier molecular flexibility index (Phi) is 6.08. The number of rotatable bonds is 8. The number of aromatic nitrogens is 2. The highest BCUT2D eigenvalue weighted by Crippen LogP contribution is 2.27. The summed E-state index contributed by atoms with van der Waals surface area (Å²) in [5, 5.41) is 4.12. The quantitative estimate of drug-likeness (QED) is 0.662. The second-order valence-corrected chi connectivity index (χ2v) is 6.56. The number of nitrogens with zero attached hydrogens (tertiary/aromatic N) is 2. The van der Waals surface area contributed by atoms with Crippen molar-refractivity contribution in [1.29, 1.82) is 0 Å². The molecule has 0 saturated heterocycles. The van der Waals surface area contributed by atoms with Gasteiger partial charge in [-0.2, -0.15) is 4.98 Å². The van der Waals surface area contributed by atoms with Crippen molar-refractivity contribution in [3.8, 4) is 22.9 Å². The number of quaternary nitrogens is 1. The van der Waals surface area contributed by atoms with Gasteiger partial charge >= 0.3 is 0 Å². The molecule has 6 heteroatoms. The van der Waals surface area contributed by atoms with Gasteiger partial charge in [-0.25, -0.2) is 0 Å². The Bertz CT molecular complexity index is 875. The van der Waals surface area contributed by atoms with E-state index in [4.69, 9.17) is 14.0 Å². The molecule has 0 aliphatic rings. The van der Waals surface area contributed by atoms with Gasteiger partial charge in [0.05, 0.1) is 21.3 Å². The normalized spacial score (nSPS) is 12.0. The molecule has 0 radical (unpaired) electrons. The molecule has 0 aliphatic carbocycles. The second-order valence-electron chi connectivity index (χ2n) is 6.56. The number of benzene rings is 2. The minimum absolute atomic E-state index is 0.627. The lowest BCUT2D eigenvalue weighted by Gasteiger charge is -2.13. The second kappa shape index (κ2) is 8.68. The van der Waals surface area contributed by atoms with Crippen LogP contribution in [0, 0.1) is 0 Å². The molecule has 3 rings (SSSR count). The van der Waals surface area contributed by atoms with Crippen LogP contribution >= 0.6 is 0 Å². The average molecular weight is 368 g/mol. The maximum atomic E-state index is 5.44. The maximum Gasteiger partial charge on any atom is 0.282 e. The van der Waals surface area contributed by atoms with Crippen molar-refractivity contribution in [3.63, 3.8) is 0 Å². The van der Waals surface area contributed by atoms with Crippen molar-refractivity contribution in [2.24, 2.45) is 0 Å². The maximum absolute atomic E-state index is 5.44. The molecule has 2 aromatic carbocycles. The summed E-state index contributed by atoms with van der Waals surface area (Å²) in [5.74, 6) is 2.72. The van der Waals surface area contributed by atoms with E-state index in [2.05, 4.69) is 36.2 Å². The summed E-state index contributed by atoms with van der Waals surface area (Å²) in [5.41, 5.74) is 3.42. The predicted octanol–water partition coefficient (Wildman–Crippen LogP) is 2.53. The predicted molar refractivity (Wildman–Crippen MR) is 103 cm³/mol. The molecule has 0 saturated carbocycles. The van der Waals surface area contributed by atoms with Crippen molar-refractivity contribution < 1.29 is 18.9 Å². The lowest BCUT2D eigenvalue weighted by atomic mass is 10.1. The van der Waals surface area contributed by atoms with Crippen LogP contribution in [-0.4, -0.2) is 31.4 Å². The molecule has 1 unspecified atom stereocenters. The molecule has 1 aromatic heterocycles. The van der Waals surface area contributed by atoms with Gasteiger partial charge in [0, 0.05) is 11.1 Å². The number of methoxy groups -OCH3 is 2. The molecule has 0 spiro atoms. The van der Waals surface area contributed by atoms with Crippen LogP contribution in [0.4, 0.5) is 0 Å². The third kappa shape index (κ3) is 4.65. The van der Waals surface area contributed by atoms with E-state index < -0.39 is 0 Å². The Morgan fingerprint density at radius 1 is 0.926 bits per heavy atom. The Morgan fingerprint density at radius 3 is 2.30 bits per heavy atom. The highest BCUT2D eigenvalue weighted by molar-refractivity contribution is 5.54. The summed E-state index contributed by atoms with van der Waals surface area (Å²) in [6.45, 7) is 3.59. The Hall–Kier alpha value is -2.86. The summed E-state index contributed by atoms with van der Waals surface area (Å²) < 4.78 is 16.1. The lowest BCUT2D eigenvalue weighted by molar-refractivity contribution is -0.909. The fraction of sp³-hybridized carbons (Fsp3) is 0.333. The third-order valence-corrected chi connectivity index (χ3v) is 4.50. The first-order valence-electron chi connectivity index (χ1n) is 9.07. The molecule has 1 heterocycles. The highest BCUT2D eigenvalue weighted by atomic mass is 16.5. The molecular formula is C21H26N3O3+. The van der Waals surface area contributed by atoms with Gasteiger partial charge < -0.3 is 18.9 Å². The average Bonchev–Trinajstić information content (AvgIpc) is 3.16. The van der Waals surface area contributed by atoms with Crippen LogP contribution in [0.2, 0.25) is 0 Å². The first-order valence-corrected chi connectivity index (χ1v) is 9.07. The van der Waals surface area contributed by atoms with Crippen LogP contribution in [0.5, 0.6) is 11.5 Å². The van der Waals surface area contributed by atoms with Gasteiger partial charge in [-0.3, -0.25) is 0 Å². The Morgan fingerprint density at radius 2 is 1.63 bits per heavy atom. The molecule has 1 N–H and O–H groups in total. The fourth-order valence-corrected chi connectivity index (χ4v) is 2.99. The first-order chi connectivity index (χ1) is 13.1. The summed E-state index contributed by atoms with van der Waals surface area (Å²) in [6, 6.07) is 14.2. The van der Waals surface area contributed by atoms with Crippen LogP contribution in [0.25, 0.3) is 11.4 Å². The van der Waals surface area contributed by atoms with E-state index in [1.165, 1.54) is 10.5 Å². The number of nitrogens with one attached hydrogen (secondary N) is 1. The minimum Gasteiger partial charge on any atom is -0.493 e. The summed E-state index contributed by atoms with van der Waals surface area (Å²) in [7, 11) is 5.37. The van der Waals surface area contributed by atoms with Crippen LogP contribution in [-0.2, 0) is 19.5 Å². The third-order valence-electron chi connectivity index (χ3n) is 4.50. The molecule has 142 valence electrons. The lowest BCUT2D eigenvalue weighted by Crippen LogP contribution is -3.06. The summed E-state index contributed by atoms with van der Waals surface area (Å²) in [6.07, 6.45) is 1.02. The van der Waals surface area contributed by atoms with E-state index in [0.717, 1.165) is 35.6 Å². The highest BCUT2D eigenvalue weighted by Gasteiger charge is 2.14. The smallest absolute Gasteiger partial charge is 0.282 e. The van der Waals surface area contributed by atoms with Gasteiger partial charge in [-0.05, 0) is 30.2 Å². The van der Waals surface area contributed by atoms with E-state index in [1.807, 2.05) is 30.3 Å². The molecule has 0 amide bonds. The number of hydrogen-bond acceptors (Lipinski definition) is 5. The number of hydrogen-bond donors (Lipinski definition) is 1. The molecule has 0 fully saturated rings. The topological polar surface area (TPSA) is 61.8 Å². The first kappa shape index (κ1) is 18.9. The van der Waals surface area contributed by atoms with Gasteiger partial charge in [0.25, 0.3) is 5.89 Å². The van der Waals surface area contributed by atoms with Crippen molar-refractivity contribution in [1.82, 2.24) is 10.1 Å². The zero-order valence-corrected chi connectivity index (χ0v) is 16.3. The van der Waals surface area contributed by atoms with Gasteiger partial charge in [0.1, 0.15) is 6.54 Å². The van der Waals surface area contributed by atoms with E-state index in [9.17, 15) is 0 Å². The standard InChI is InChI=1S/C21H25N3O3/c1-5-15-6-9-17(10-7-15)21-22-20(27-23-21)14-24(2)13-16-8-11-18(25-3)19(12-16)26-4/h6-12H,5,13-14H2,1-4H3/p+1. The fourth-order valence-electron chi connectivity index (χ4n) is 2.99. The van der Waals surface area contributed by atoms with Crippen LogP contribution in [0.15, 0.2) is 47.0 Å². The monoisotopic (exact) mass is 368 g/mol. The van der Waals surface area contributed by atoms with Crippen molar-refractivity contribution >= 4 is 0 Å². The van der Waals surface area contributed by atoms with Crippen molar-refractivity contribution in [3.05, 3.63) is 59.5 Å². The molecule has 3 aromatic rings. The molecule has 0 bridgehead atoms. The molecule has 27 heavy (non-hydrogen) atoms.